The van der Waals surface area contributed by atoms with Crippen molar-refractivity contribution in [2.24, 2.45) is 11.8 Å². The van der Waals surface area contributed by atoms with E-state index in [4.69, 9.17) is 10.5 Å². The van der Waals surface area contributed by atoms with E-state index in [1.807, 2.05) is 13.8 Å². The molecule has 1 heterocycles. The molecule has 0 unspecified atom stereocenters. The number of ether oxygens (including phenoxy) is 1. The molecule has 2 atom stereocenters. The number of carbonyl (C=O) groups excluding carboxylic acids is 2. The van der Waals surface area contributed by atoms with Crippen molar-refractivity contribution in [3.05, 3.63) is 20.8 Å². The maximum atomic E-state index is 13.0. The molecule has 2 saturated carbocycles. The van der Waals surface area contributed by atoms with Crippen LogP contribution in [0.25, 0.3) is 0 Å². The summed E-state index contributed by atoms with van der Waals surface area (Å²) in [4.78, 5) is 53.5. The van der Waals surface area contributed by atoms with Crippen LogP contribution in [0.2, 0.25) is 0 Å². The predicted molar refractivity (Wildman–Crippen MR) is 109 cm³/mol. The van der Waals surface area contributed by atoms with Crippen LogP contribution in [-0.2, 0) is 20.9 Å². The summed E-state index contributed by atoms with van der Waals surface area (Å²) >= 11 is 0. The number of aromatic nitrogens is 2. The first-order valence-electron chi connectivity index (χ1n) is 10.5. The van der Waals surface area contributed by atoms with E-state index in [9.17, 15) is 19.2 Å². The summed E-state index contributed by atoms with van der Waals surface area (Å²) in [6.45, 7) is 3.85. The first-order chi connectivity index (χ1) is 13.8. The van der Waals surface area contributed by atoms with Crippen molar-refractivity contribution < 1.29 is 14.3 Å². The van der Waals surface area contributed by atoms with Crippen LogP contribution in [0, 0.1) is 11.8 Å². The van der Waals surface area contributed by atoms with Crippen molar-refractivity contribution in [1.29, 1.82) is 0 Å². The number of H-pyrrole nitrogens is 1. The molecule has 3 rings (SSSR count). The third-order valence-corrected chi connectivity index (χ3v) is 5.90. The zero-order valence-electron chi connectivity index (χ0n) is 17.1. The Kier molecular flexibility index (Phi) is 6.44. The third kappa shape index (κ3) is 4.54. The molecule has 0 saturated heterocycles. The lowest BCUT2D eigenvalue weighted by molar-refractivity contribution is -0.149. The molecule has 1 aromatic rings. The molecule has 0 radical (unpaired) electrons. The van der Waals surface area contributed by atoms with Gasteiger partial charge in [0.15, 0.2) is 12.3 Å². The van der Waals surface area contributed by atoms with E-state index in [-0.39, 0.29) is 35.4 Å². The molecule has 1 aromatic heterocycles. The second-order valence-electron chi connectivity index (χ2n) is 8.13. The fourth-order valence-electron chi connectivity index (χ4n) is 3.98. The number of aromatic amines is 1. The molecule has 3 N–H and O–H groups in total. The Labute approximate surface area is 169 Å². The van der Waals surface area contributed by atoms with E-state index >= 15 is 0 Å². The fraction of sp³-hybridized carbons (Fsp3) is 0.700. The van der Waals surface area contributed by atoms with Crippen molar-refractivity contribution in [3.63, 3.8) is 0 Å². The molecule has 1 amide bonds. The number of unbranched alkanes of at least 4 members (excludes halogenated alkanes) is 1. The van der Waals surface area contributed by atoms with E-state index in [0.717, 1.165) is 38.5 Å². The Bertz CT molecular complexity index is 884. The van der Waals surface area contributed by atoms with E-state index in [1.54, 1.807) is 0 Å². The van der Waals surface area contributed by atoms with Crippen molar-refractivity contribution >= 4 is 23.4 Å². The predicted octanol–water partition coefficient (Wildman–Crippen LogP) is 1.39. The Hall–Kier alpha value is -2.58. The van der Waals surface area contributed by atoms with Gasteiger partial charge in [0.1, 0.15) is 5.82 Å². The quantitative estimate of drug-likeness (QED) is 0.628. The minimum Gasteiger partial charge on any atom is -0.455 e. The highest BCUT2D eigenvalue weighted by Gasteiger charge is 2.41. The zero-order chi connectivity index (χ0) is 21.1. The van der Waals surface area contributed by atoms with Crippen molar-refractivity contribution in [2.75, 3.05) is 17.2 Å². The number of hydrogen-bond acceptors (Lipinski definition) is 6. The van der Waals surface area contributed by atoms with Gasteiger partial charge in [-0.3, -0.25) is 28.8 Å². The van der Waals surface area contributed by atoms with Gasteiger partial charge in [-0.25, -0.2) is 4.79 Å². The summed E-state index contributed by atoms with van der Waals surface area (Å²) in [6.07, 6.45) is 5.65. The summed E-state index contributed by atoms with van der Waals surface area (Å²) in [7, 11) is 0. The average Bonchev–Trinajstić information content (AvgIpc) is 3.17. The molecule has 2 aliphatic rings. The number of nitrogen functional groups attached to an aromatic ring is 1. The van der Waals surface area contributed by atoms with Crippen LogP contribution < -0.4 is 21.9 Å². The number of anilines is 2. The maximum absolute atomic E-state index is 13.0. The average molecular weight is 406 g/mol. The summed E-state index contributed by atoms with van der Waals surface area (Å²) in [6, 6.07) is -0.207. The van der Waals surface area contributed by atoms with Crippen LogP contribution in [0.1, 0.15) is 58.8 Å². The zero-order valence-corrected chi connectivity index (χ0v) is 17.1. The summed E-state index contributed by atoms with van der Waals surface area (Å²) in [5.41, 5.74) is 4.91. The van der Waals surface area contributed by atoms with Crippen LogP contribution in [0.5, 0.6) is 0 Å². The Morgan fingerprint density at radius 2 is 1.93 bits per heavy atom. The van der Waals surface area contributed by atoms with Gasteiger partial charge in [-0.05, 0) is 31.6 Å². The maximum Gasteiger partial charge on any atom is 0.330 e. The second kappa shape index (κ2) is 8.84. The van der Waals surface area contributed by atoms with Crippen LogP contribution >= 0.6 is 0 Å². The Morgan fingerprint density at radius 1 is 1.28 bits per heavy atom. The van der Waals surface area contributed by atoms with Crippen LogP contribution in [0.15, 0.2) is 9.59 Å². The normalized spacial score (nSPS) is 21.2. The monoisotopic (exact) mass is 406 g/mol. The second-order valence-corrected chi connectivity index (χ2v) is 8.13. The molecule has 9 nitrogen and oxygen atoms in total. The summed E-state index contributed by atoms with van der Waals surface area (Å²) < 4.78 is 6.51. The SMILES string of the molecule is CCCCn1c(N)c(N(C(=O)COC(=O)[C@H]2C[C@@H]2C)C2CCCC2)c(=O)[nH]c1=O. The molecule has 2 aliphatic carbocycles. The number of carbonyl (C=O) groups is 2. The first kappa shape index (κ1) is 21.1. The molecule has 9 heteroatoms. The lowest BCUT2D eigenvalue weighted by Crippen LogP contribution is -2.47. The number of hydrogen-bond donors (Lipinski definition) is 2. The minimum atomic E-state index is -0.692. The molecule has 29 heavy (non-hydrogen) atoms. The van der Waals surface area contributed by atoms with Gasteiger partial charge in [0.05, 0.1) is 5.92 Å². The molecule has 0 spiro atoms. The number of rotatable bonds is 8. The molecule has 2 fully saturated rings. The van der Waals surface area contributed by atoms with Gasteiger partial charge < -0.3 is 10.5 Å². The van der Waals surface area contributed by atoms with E-state index in [0.29, 0.717) is 13.0 Å². The molecular weight excluding hydrogens is 376 g/mol. The van der Waals surface area contributed by atoms with Gasteiger partial charge in [0.2, 0.25) is 0 Å². The summed E-state index contributed by atoms with van der Waals surface area (Å²) in [5, 5.41) is 0. The van der Waals surface area contributed by atoms with Crippen LogP contribution in [-0.4, -0.2) is 34.1 Å². The van der Waals surface area contributed by atoms with Gasteiger partial charge in [-0.1, -0.05) is 33.1 Å². The standard InChI is InChI=1S/C20H30N4O5/c1-3-4-9-23-17(21)16(18(26)22-20(23)28)24(13-7-5-6-8-13)15(25)11-29-19(27)14-10-12(14)2/h12-14H,3-11,21H2,1-2H3,(H,22,26,28)/t12-,14-/m0/s1. The lowest BCUT2D eigenvalue weighted by Gasteiger charge is -2.29. The van der Waals surface area contributed by atoms with Crippen molar-refractivity contribution in [3.8, 4) is 0 Å². The van der Waals surface area contributed by atoms with Crippen molar-refractivity contribution in [1.82, 2.24) is 9.55 Å². The topological polar surface area (TPSA) is 127 Å². The third-order valence-electron chi connectivity index (χ3n) is 5.90. The molecule has 0 aromatic carbocycles. The highest BCUT2D eigenvalue weighted by molar-refractivity contribution is 5.98. The van der Waals surface area contributed by atoms with Crippen LogP contribution in [0.3, 0.4) is 0 Å². The molecule has 160 valence electrons. The van der Waals surface area contributed by atoms with E-state index in [2.05, 4.69) is 4.98 Å². The molecule has 0 bridgehead atoms. The molecular formula is C20H30N4O5. The number of amides is 1. The number of nitrogens with zero attached hydrogens (tertiary/aromatic N) is 2. The van der Waals surface area contributed by atoms with Crippen LogP contribution in [0.4, 0.5) is 11.5 Å². The lowest BCUT2D eigenvalue weighted by atomic mass is 10.2. The van der Waals surface area contributed by atoms with Gasteiger partial charge >= 0.3 is 11.7 Å². The highest BCUT2D eigenvalue weighted by atomic mass is 16.5. The first-order valence-corrected chi connectivity index (χ1v) is 10.5. The van der Waals surface area contributed by atoms with E-state index < -0.39 is 23.8 Å². The molecule has 0 aliphatic heterocycles. The largest absolute Gasteiger partial charge is 0.455 e. The van der Waals surface area contributed by atoms with Gasteiger partial charge in [-0.2, -0.15) is 0 Å². The van der Waals surface area contributed by atoms with Gasteiger partial charge in [-0.15, -0.1) is 0 Å². The number of esters is 1. The number of nitrogens with two attached hydrogens (primary N) is 1. The smallest absolute Gasteiger partial charge is 0.330 e. The minimum absolute atomic E-state index is 0.0189. The van der Waals surface area contributed by atoms with Gasteiger partial charge in [0.25, 0.3) is 11.5 Å². The highest BCUT2D eigenvalue weighted by Crippen LogP contribution is 2.38. The fourth-order valence-corrected chi connectivity index (χ4v) is 3.98. The number of nitrogens with one attached hydrogen (secondary N) is 1. The van der Waals surface area contributed by atoms with Gasteiger partial charge in [0, 0.05) is 12.6 Å². The Balaban J connectivity index is 1.90. The Morgan fingerprint density at radius 3 is 2.52 bits per heavy atom. The van der Waals surface area contributed by atoms with Crippen molar-refractivity contribution in [2.45, 2.75) is 71.4 Å². The van der Waals surface area contributed by atoms with E-state index in [1.165, 1.54) is 9.47 Å². The summed E-state index contributed by atoms with van der Waals surface area (Å²) in [5.74, 6) is -0.755.